The van der Waals surface area contributed by atoms with Gasteiger partial charge in [-0.2, -0.15) is 5.10 Å². The van der Waals surface area contributed by atoms with Crippen molar-refractivity contribution >= 4 is 23.0 Å². The molecule has 138 valence electrons. The van der Waals surface area contributed by atoms with Crippen molar-refractivity contribution in [2.75, 3.05) is 5.32 Å². The van der Waals surface area contributed by atoms with Crippen molar-refractivity contribution in [1.29, 1.82) is 0 Å². The average Bonchev–Trinajstić information content (AvgIpc) is 3.11. The average molecular weight is 370 g/mol. The molecule has 0 aliphatic heterocycles. The molecule has 0 atom stereocenters. The van der Waals surface area contributed by atoms with Crippen molar-refractivity contribution < 1.29 is 9.59 Å². The van der Waals surface area contributed by atoms with Crippen LogP contribution < -0.4 is 5.32 Å². The van der Waals surface area contributed by atoms with Crippen LogP contribution in [0.25, 0.3) is 28.2 Å². The number of carbonyl (C=O) groups is 2. The van der Waals surface area contributed by atoms with E-state index < -0.39 is 0 Å². The minimum Gasteiger partial charge on any atom is -0.326 e. The molecule has 6 nitrogen and oxygen atoms in total. The molecule has 2 aromatic carbocycles. The van der Waals surface area contributed by atoms with Crippen molar-refractivity contribution in [3.8, 4) is 22.5 Å². The number of benzene rings is 2. The summed E-state index contributed by atoms with van der Waals surface area (Å²) < 4.78 is 1.77. The maximum atomic E-state index is 11.7. The van der Waals surface area contributed by atoms with E-state index in [1.54, 1.807) is 23.7 Å². The normalized spacial score (nSPS) is 10.8. The van der Waals surface area contributed by atoms with E-state index in [4.69, 9.17) is 5.10 Å². The highest BCUT2D eigenvalue weighted by molar-refractivity contribution is 5.95. The van der Waals surface area contributed by atoms with E-state index in [0.29, 0.717) is 16.9 Å². The van der Waals surface area contributed by atoms with Gasteiger partial charge in [0.1, 0.15) is 0 Å². The van der Waals surface area contributed by atoms with Crippen LogP contribution in [0.2, 0.25) is 0 Å². The molecule has 0 radical (unpaired) electrons. The zero-order valence-electron chi connectivity index (χ0n) is 15.5. The van der Waals surface area contributed by atoms with Crippen LogP contribution in [-0.4, -0.2) is 26.3 Å². The topological polar surface area (TPSA) is 76.4 Å². The minimum absolute atomic E-state index is 0.0148. The first-order valence-corrected chi connectivity index (χ1v) is 8.85. The van der Waals surface area contributed by atoms with Crippen LogP contribution in [0.3, 0.4) is 0 Å². The highest BCUT2D eigenvalue weighted by atomic mass is 16.1. The Labute approximate surface area is 161 Å². The fourth-order valence-corrected chi connectivity index (χ4v) is 3.08. The minimum atomic E-state index is -0.124. The van der Waals surface area contributed by atoms with Crippen LogP contribution >= 0.6 is 0 Å². The van der Waals surface area contributed by atoms with Gasteiger partial charge in [0.05, 0.1) is 17.6 Å². The van der Waals surface area contributed by atoms with Crippen LogP contribution in [0.15, 0.2) is 66.9 Å². The number of hydrogen-bond acceptors (Lipinski definition) is 4. The molecule has 1 amide bonds. The van der Waals surface area contributed by atoms with E-state index in [1.807, 2.05) is 54.6 Å². The largest absolute Gasteiger partial charge is 0.326 e. The van der Waals surface area contributed by atoms with Crippen molar-refractivity contribution in [3.63, 3.8) is 0 Å². The van der Waals surface area contributed by atoms with E-state index in [-0.39, 0.29) is 11.7 Å². The van der Waals surface area contributed by atoms with Crippen LogP contribution in [-0.2, 0) is 4.79 Å². The molecule has 0 fully saturated rings. The molecule has 0 saturated heterocycles. The number of amides is 1. The van der Waals surface area contributed by atoms with Gasteiger partial charge in [-0.25, -0.2) is 9.50 Å². The molecular formula is C22H18N4O2. The van der Waals surface area contributed by atoms with E-state index in [0.717, 1.165) is 22.5 Å². The van der Waals surface area contributed by atoms with Crippen LogP contribution in [0.5, 0.6) is 0 Å². The zero-order chi connectivity index (χ0) is 19.7. The Balaban J connectivity index is 1.80. The fourth-order valence-electron chi connectivity index (χ4n) is 3.08. The van der Waals surface area contributed by atoms with Crippen molar-refractivity contribution in [3.05, 3.63) is 72.4 Å². The number of rotatable bonds is 4. The summed E-state index contributed by atoms with van der Waals surface area (Å²) in [7, 11) is 0. The van der Waals surface area contributed by atoms with Gasteiger partial charge in [0.2, 0.25) is 5.91 Å². The van der Waals surface area contributed by atoms with Crippen molar-refractivity contribution in [1.82, 2.24) is 14.6 Å². The number of nitrogens with zero attached hydrogens (tertiary/aromatic N) is 3. The highest BCUT2D eigenvalue weighted by Crippen LogP contribution is 2.25. The molecule has 0 unspecified atom stereocenters. The maximum absolute atomic E-state index is 11.7. The SMILES string of the molecule is CC(=O)Nc1cccc(-c2cnc3ccc(-c4cccc(C(C)=O)c4)nn23)c1. The van der Waals surface area contributed by atoms with Gasteiger partial charge in [0, 0.05) is 29.3 Å². The van der Waals surface area contributed by atoms with Gasteiger partial charge < -0.3 is 5.32 Å². The van der Waals surface area contributed by atoms with Gasteiger partial charge in [-0.15, -0.1) is 0 Å². The molecule has 4 aromatic rings. The second-order valence-corrected chi connectivity index (χ2v) is 6.53. The highest BCUT2D eigenvalue weighted by Gasteiger charge is 2.11. The molecule has 28 heavy (non-hydrogen) atoms. The number of fused-ring (bicyclic) bond motifs is 1. The first kappa shape index (κ1) is 17.6. The van der Waals surface area contributed by atoms with Crippen molar-refractivity contribution in [2.45, 2.75) is 13.8 Å². The smallest absolute Gasteiger partial charge is 0.221 e. The third-order valence-electron chi connectivity index (χ3n) is 4.41. The predicted octanol–water partition coefficient (Wildman–Crippen LogP) is 4.22. The molecule has 0 bridgehead atoms. The van der Waals surface area contributed by atoms with Crippen LogP contribution in [0.1, 0.15) is 24.2 Å². The zero-order valence-corrected chi connectivity index (χ0v) is 15.5. The summed E-state index contributed by atoms with van der Waals surface area (Å²) in [6, 6.07) is 18.7. The molecule has 6 heteroatoms. The molecule has 4 rings (SSSR count). The fraction of sp³-hybridized carbons (Fsp3) is 0.0909. The van der Waals surface area contributed by atoms with Gasteiger partial charge in [0.15, 0.2) is 11.4 Å². The third-order valence-corrected chi connectivity index (χ3v) is 4.41. The lowest BCUT2D eigenvalue weighted by Crippen LogP contribution is -2.05. The molecule has 0 aliphatic carbocycles. The summed E-state index contributed by atoms with van der Waals surface area (Å²) >= 11 is 0. The number of aromatic nitrogens is 3. The first-order chi connectivity index (χ1) is 13.5. The second-order valence-electron chi connectivity index (χ2n) is 6.53. The Kier molecular flexibility index (Phi) is 4.45. The molecule has 0 saturated carbocycles. The number of ketones is 1. The molecular weight excluding hydrogens is 352 g/mol. The standard InChI is InChI=1S/C22H18N4O2/c1-14(27)16-5-3-6-17(11-16)20-9-10-22-23-13-21(26(22)25-20)18-7-4-8-19(12-18)24-15(2)28/h3-13H,1-2H3,(H,24,28). The lowest BCUT2D eigenvalue weighted by molar-refractivity contribution is -0.114. The number of hydrogen-bond donors (Lipinski definition) is 1. The lowest BCUT2D eigenvalue weighted by Gasteiger charge is -2.07. The van der Waals surface area contributed by atoms with Gasteiger partial charge in [0.25, 0.3) is 0 Å². The number of Topliss-reactive ketones (excluding diaryl/α,β-unsaturated/α-hetero) is 1. The lowest BCUT2D eigenvalue weighted by atomic mass is 10.1. The monoisotopic (exact) mass is 370 g/mol. The molecule has 2 aromatic heterocycles. The maximum Gasteiger partial charge on any atom is 0.221 e. The molecule has 0 aliphatic rings. The van der Waals surface area contributed by atoms with Crippen LogP contribution in [0.4, 0.5) is 5.69 Å². The number of anilines is 1. The summed E-state index contributed by atoms with van der Waals surface area (Å²) in [6.45, 7) is 3.02. The van der Waals surface area contributed by atoms with E-state index in [2.05, 4.69) is 10.3 Å². The Morgan fingerprint density at radius 1 is 0.929 bits per heavy atom. The molecule has 2 heterocycles. The van der Waals surface area contributed by atoms with Crippen molar-refractivity contribution in [2.24, 2.45) is 0 Å². The van der Waals surface area contributed by atoms with Gasteiger partial charge >= 0.3 is 0 Å². The molecule has 1 N–H and O–H groups in total. The van der Waals surface area contributed by atoms with E-state index in [1.165, 1.54) is 6.92 Å². The summed E-state index contributed by atoms with van der Waals surface area (Å²) in [4.78, 5) is 27.4. The Hall–Kier alpha value is -3.80. The van der Waals surface area contributed by atoms with E-state index in [9.17, 15) is 9.59 Å². The number of nitrogens with one attached hydrogen (secondary N) is 1. The number of imidazole rings is 1. The van der Waals surface area contributed by atoms with Gasteiger partial charge in [-0.1, -0.05) is 30.3 Å². The number of carbonyl (C=O) groups excluding carboxylic acids is 2. The quantitative estimate of drug-likeness (QED) is 0.546. The summed E-state index contributed by atoms with van der Waals surface area (Å²) in [5.74, 6) is -0.109. The Bertz CT molecular complexity index is 1210. The van der Waals surface area contributed by atoms with Gasteiger partial charge in [-0.3, -0.25) is 9.59 Å². The Morgan fingerprint density at radius 2 is 1.71 bits per heavy atom. The molecule has 0 spiro atoms. The predicted molar refractivity (Wildman–Crippen MR) is 108 cm³/mol. The Morgan fingerprint density at radius 3 is 2.50 bits per heavy atom. The third kappa shape index (κ3) is 3.40. The van der Waals surface area contributed by atoms with E-state index >= 15 is 0 Å². The summed E-state index contributed by atoms with van der Waals surface area (Å²) in [5, 5.41) is 7.52. The summed E-state index contributed by atoms with van der Waals surface area (Å²) in [6.07, 6.45) is 1.75. The first-order valence-electron chi connectivity index (χ1n) is 8.85. The second kappa shape index (κ2) is 7.08. The van der Waals surface area contributed by atoms with Crippen LogP contribution in [0, 0.1) is 0 Å². The van der Waals surface area contributed by atoms with Gasteiger partial charge in [-0.05, 0) is 37.3 Å². The summed E-state index contributed by atoms with van der Waals surface area (Å²) in [5.41, 5.74) is 5.38.